The van der Waals surface area contributed by atoms with Crippen LogP contribution in [0.25, 0.3) is 28.2 Å². The van der Waals surface area contributed by atoms with Crippen molar-refractivity contribution < 1.29 is 9.30 Å². The zero-order valence-corrected chi connectivity index (χ0v) is 23.1. The minimum atomic E-state index is 0.663. The highest BCUT2D eigenvalue weighted by atomic mass is 32.2. The summed E-state index contributed by atoms with van der Waals surface area (Å²) in [4.78, 5) is 6.04. The molecule has 5 heteroatoms. The molecular weight excluding hydrogens is 474 g/mol. The molecule has 0 N–H and O–H groups in total. The van der Waals surface area contributed by atoms with Gasteiger partial charge in [0.1, 0.15) is 6.61 Å². The van der Waals surface area contributed by atoms with Crippen molar-refractivity contribution in [2.45, 2.75) is 31.8 Å². The van der Waals surface area contributed by atoms with Crippen LogP contribution in [-0.4, -0.2) is 38.8 Å². The number of hydrogen-bond acceptors (Lipinski definition) is 4. The number of pyridine rings is 1. The van der Waals surface area contributed by atoms with E-state index in [2.05, 4.69) is 120 Å². The van der Waals surface area contributed by atoms with Gasteiger partial charge in [-0.05, 0) is 60.6 Å². The summed E-state index contributed by atoms with van der Waals surface area (Å²) in [6.07, 6.45) is 2.34. The minimum absolute atomic E-state index is 0.663. The molecule has 1 aromatic heterocycles. The highest BCUT2D eigenvalue weighted by Gasteiger charge is 2.24. The third-order valence-corrected chi connectivity index (χ3v) is 8.37. The number of thioether (sulfide) groups is 1. The van der Waals surface area contributed by atoms with Gasteiger partial charge in [-0.1, -0.05) is 62.0 Å². The van der Waals surface area contributed by atoms with Crippen molar-refractivity contribution in [2.75, 3.05) is 38.8 Å². The number of fused-ring (bicyclic) bond motifs is 2. The lowest BCUT2D eigenvalue weighted by molar-refractivity contribution is -0.662. The van der Waals surface area contributed by atoms with Crippen LogP contribution in [0.1, 0.15) is 25.0 Å². The van der Waals surface area contributed by atoms with E-state index < -0.39 is 0 Å². The van der Waals surface area contributed by atoms with Gasteiger partial charge in [0.2, 0.25) is 11.2 Å². The Morgan fingerprint density at radius 3 is 2.41 bits per heavy atom. The molecule has 1 aliphatic heterocycles. The van der Waals surface area contributed by atoms with Gasteiger partial charge in [-0.25, -0.2) is 0 Å². The Labute approximate surface area is 225 Å². The fraction of sp³-hybridized carbons (Fsp3) is 0.281. The summed E-state index contributed by atoms with van der Waals surface area (Å²) < 4.78 is 7.92. The van der Waals surface area contributed by atoms with Crippen molar-refractivity contribution >= 4 is 34.4 Å². The zero-order valence-electron chi connectivity index (χ0n) is 22.3. The number of rotatable bonds is 9. The van der Waals surface area contributed by atoms with E-state index in [1.165, 1.54) is 48.9 Å². The molecule has 0 aliphatic carbocycles. The Hall–Kier alpha value is -3.12. The van der Waals surface area contributed by atoms with Gasteiger partial charge in [0.25, 0.3) is 0 Å². The summed E-state index contributed by atoms with van der Waals surface area (Å²) in [6, 6.07) is 28.8. The number of hydrogen-bond donors (Lipinski definition) is 0. The highest BCUT2D eigenvalue weighted by molar-refractivity contribution is 8.03. The van der Waals surface area contributed by atoms with E-state index in [-0.39, 0.29) is 0 Å². The Kier molecular flexibility index (Phi) is 7.94. The molecule has 0 atom stereocenters. The Morgan fingerprint density at radius 1 is 0.946 bits per heavy atom. The number of para-hydroxylation sites is 2. The molecule has 4 nitrogen and oxygen atoms in total. The van der Waals surface area contributed by atoms with Gasteiger partial charge < -0.3 is 9.64 Å². The molecule has 190 valence electrons. The molecule has 5 rings (SSSR count). The predicted octanol–water partition coefficient (Wildman–Crippen LogP) is 6.82. The van der Waals surface area contributed by atoms with E-state index in [1.807, 2.05) is 11.8 Å². The van der Waals surface area contributed by atoms with Crippen molar-refractivity contribution in [3.05, 3.63) is 95.0 Å². The van der Waals surface area contributed by atoms with Crippen LogP contribution in [0.4, 0.5) is 5.69 Å². The molecule has 37 heavy (non-hydrogen) atoms. The third-order valence-electron chi connectivity index (χ3n) is 7.21. The van der Waals surface area contributed by atoms with E-state index in [0.717, 1.165) is 26.2 Å². The lowest BCUT2D eigenvalue weighted by Gasteiger charge is -2.18. The lowest BCUT2D eigenvalue weighted by Crippen LogP contribution is -2.39. The minimum Gasteiger partial charge on any atom is -0.378 e. The quantitative estimate of drug-likeness (QED) is 0.230. The third kappa shape index (κ3) is 5.30. The summed E-state index contributed by atoms with van der Waals surface area (Å²) in [5.74, 6) is 0. The maximum absolute atomic E-state index is 5.51. The maximum Gasteiger partial charge on any atom is 0.213 e. The van der Waals surface area contributed by atoms with Crippen LogP contribution in [0.3, 0.4) is 0 Å². The van der Waals surface area contributed by atoms with Crippen LogP contribution in [0.2, 0.25) is 0 Å². The molecule has 0 saturated heterocycles. The highest BCUT2D eigenvalue weighted by Crippen LogP contribution is 2.45. The average Bonchev–Trinajstić information content (AvgIpc) is 3.26. The standard InChI is InChI=1S/C32H36N3OS/c1-5-34(6-2)23-24-15-17-25(18-16-24)30-21-26(22-32-33(3)29-13-9-10-14-31(29)37-32)27-11-7-8-12-28(27)35(30)19-20-36-4/h7-18,21-22H,5-6,19-20,23H2,1-4H3/q+1. The van der Waals surface area contributed by atoms with E-state index in [4.69, 9.17) is 4.74 Å². The molecule has 0 spiro atoms. The van der Waals surface area contributed by atoms with Crippen molar-refractivity contribution in [1.29, 1.82) is 0 Å². The summed E-state index contributed by atoms with van der Waals surface area (Å²) in [5, 5.41) is 2.49. The molecule has 4 aromatic rings. The Bertz CT molecular complexity index is 1410. The number of anilines is 1. The Morgan fingerprint density at radius 2 is 1.68 bits per heavy atom. The van der Waals surface area contributed by atoms with E-state index in [1.54, 1.807) is 7.11 Å². The largest absolute Gasteiger partial charge is 0.378 e. The van der Waals surface area contributed by atoms with E-state index in [9.17, 15) is 0 Å². The van der Waals surface area contributed by atoms with Gasteiger partial charge in [-0.3, -0.25) is 4.90 Å². The number of nitrogens with zero attached hydrogens (tertiary/aromatic N) is 3. The fourth-order valence-electron chi connectivity index (χ4n) is 5.03. The zero-order chi connectivity index (χ0) is 25.8. The smallest absolute Gasteiger partial charge is 0.213 e. The van der Waals surface area contributed by atoms with Crippen LogP contribution in [-0.2, 0) is 17.8 Å². The Balaban J connectivity index is 1.61. The lowest BCUT2D eigenvalue weighted by atomic mass is 10.0. The molecule has 3 aromatic carbocycles. The number of aromatic nitrogens is 1. The molecule has 0 unspecified atom stereocenters. The SMILES string of the molecule is CCN(CC)Cc1ccc(-c2cc(C=C3Sc4ccccc4N3C)c3ccccc3[n+]2CCOC)cc1. The molecule has 2 heterocycles. The van der Waals surface area contributed by atoms with Crippen molar-refractivity contribution in [3.8, 4) is 11.3 Å². The number of benzene rings is 3. The predicted molar refractivity (Wildman–Crippen MR) is 157 cm³/mol. The van der Waals surface area contributed by atoms with Crippen molar-refractivity contribution in [2.24, 2.45) is 0 Å². The molecular formula is C32H36N3OS+. The van der Waals surface area contributed by atoms with E-state index >= 15 is 0 Å². The van der Waals surface area contributed by atoms with Gasteiger partial charge >= 0.3 is 0 Å². The van der Waals surface area contributed by atoms with Crippen LogP contribution >= 0.6 is 11.8 Å². The number of ether oxygens (including phenoxy) is 1. The maximum atomic E-state index is 5.51. The monoisotopic (exact) mass is 510 g/mol. The normalized spacial score (nSPS) is 14.2. The van der Waals surface area contributed by atoms with Crippen LogP contribution in [0.15, 0.2) is 88.8 Å². The second kappa shape index (κ2) is 11.5. The molecule has 0 bridgehead atoms. The van der Waals surface area contributed by atoms with E-state index in [0.29, 0.717) is 6.61 Å². The first kappa shape index (κ1) is 25.5. The van der Waals surface area contributed by atoms with Crippen LogP contribution < -0.4 is 9.47 Å². The first-order valence-electron chi connectivity index (χ1n) is 13.1. The second-order valence-electron chi connectivity index (χ2n) is 9.42. The van der Waals surface area contributed by atoms with Gasteiger partial charge in [-0.2, -0.15) is 4.57 Å². The second-order valence-corrected chi connectivity index (χ2v) is 10.5. The van der Waals surface area contributed by atoms with Gasteiger partial charge in [0.05, 0.1) is 16.1 Å². The van der Waals surface area contributed by atoms with Crippen LogP contribution in [0.5, 0.6) is 0 Å². The summed E-state index contributed by atoms with van der Waals surface area (Å²) in [7, 11) is 3.93. The first-order valence-corrected chi connectivity index (χ1v) is 13.9. The summed E-state index contributed by atoms with van der Waals surface area (Å²) in [6.45, 7) is 9.01. The summed E-state index contributed by atoms with van der Waals surface area (Å²) in [5.41, 5.74) is 7.49. The molecule has 0 amide bonds. The fourth-order valence-corrected chi connectivity index (χ4v) is 6.14. The number of methoxy groups -OCH3 is 1. The molecule has 1 aliphatic rings. The van der Waals surface area contributed by atoms with Crippen LogP contribution in [0, 0.1) is 0 Å². The molecule has 0 radical (unpaired) electrons. The van der Waals surface area contributed by atoms with Gasteiger partial charge in [-0.15, -0.1) is 0 Å². The van der Waals surface area contributed by atoms with Gasteiger partial charge in [0, 0.05) is 43.3 Å². The van der Waals surface area contributed by atoms with Crippen molar-refractivity contribution in [1.82, 2.24) is 4.90 Å². The molecule has 0 saturated carbocycles. The first-order chi connectivity index (χ1) is 18.1. The molecule has 0 fully saturated rings. The van der Waals surface area contributed by atoms with Gasteiger partial charge in [0.15, 0.2) is 6.54 Å². The van der Waals surface area contributed by atoms with Crippen molar-refractivity contribution in [3.63, 3.8) is 0 Å². The average molecular weight is 511 g/mol. The summed E-state index contributed by atoms with van der Waals surface area (Å²) >= 11 is 1.83. The topological polar surface area (TPSA) is 19.6 Å².